The molecule has 0 N–H and O–H groups in total. The summed E-state index contributed by atoms with van der Waals surface area (Å²) in [5, 5.41) is 0. The van der Waals surface area contributed by atoms with Gasteiger partial charge in [-0.3, -0.25) is 9.79 Å². The van der Waals surface area contributed by atoms with E-state index in [0.29, 0.717) is 6.42 Å². The SMILES string of the molecule is COC(=O)C1(CC(F)(F)F)CCC(N=C(c2ccccc2)c2ccccc2)C1. The van der Waals surface area contributed by atoms with Crippen molar-refractivity contribution in [3.63, 3.8) is 0 Å². The summed E-state index contributed by atoms with van der Waals surface area (Å²) in [7, 11) is 1.14. The van der Waals surface area contributed by atoms with Gasteiger partial charge in [0.2, 0.25) is 0 Å². The largest absolute Gasteiger partial charge is 0.469 e. The Morgan fingerprint density at radius 1 is 1.07 bits per heavy atom. The Bertz CT molecular complexity index is 792. The summed E-state index contributed by atoms with van der Waals surface area (Å²) in [6.07, 6.45) is -5.06. The molecule has 0 radical (unpaired) electrons. The molecule has 2 atom stereocenters. The second-order valence-electron chi connectivity index (χ2n) is 7.17. The Morgan fingerprint density at radius 2 is 1.61 bits per heavy atom. The summed E-state index contributed by atoms with van der Waals surface area (Å²) in [4.78, 5) is 17.0. The summed E-state index contributed by atoms with van der Waals surface area (Å²) in [5.41, 5.74) is 0.943. The van der Waals surface area contributed by atoms with Crippen molar-refractivity contribution in [1.29, 1.82) is 0 Å². The smallest absolute Gasteiger partial charge is 0.390 e. The van der Waals surface area contributed by atoms with Gasteiger partial charge in [0.25, 0.3) is 0 Å². The lowest BCUT2D eigenvalue weighted by Crippen LogP contribution is -2.35. The molecule has 3 rings (SSSR count). The molecular formula is C22H22F3NO2. The van der Waals surface area contributed by atoms with Gasteiger partial charge in [-0.25, -0.2) is 0 Å². The molecule has 2 aromatic rings. The molecule has 6 heteroatoms. The number of alkyl halides is 3. The van der Waals surface area contributed by atoms with Crippen LogP contribution in [0.4, 0.5) is 13.2 Å². The van der Waals surface area contributed by atoms with Crippen LogP contribution >= 0.6 is 0 Å². The molecule has 0 saturated heterocycles. The number of aliphatic imine (C=N–C) groups is 1. The Balaban J connectivity index is 1.95. The molecule has 2 aromatic carbocycles. The number of carbonyl (C=O) groups is 1. The van der Waals surface area contributed by atoms with Gasteiger partial charge in [0, 0.05) is 11.1 Å². The molecule has 0 heterocycles. The first-order valence-corrected chi connectivity index (χ1v) is 9.17. The van der Waals surface area contributed by atoms with Crippen molar-refractivity contribution in [2.75, 3.05) is 7.11 Å². The van der Waals surface area contributed by atoms with E-state index >= 15 is 0 Å². The first-order valence-electron chi connectivity index (χ1n) is 9.17. The Labute approximate surface area is 162 Å². The molecule has 1 aliphatic rings. The minimum Gasteiger partial charge on any atom is -0.469 e. The van der Waals surface area contributed by atoms with Crippen LogP contribution in [0.3, 0.4) is 0 Å². The number of methoxy groups -OCH3 is 1. The third kappa shape index (κ3) is 4.61. The van der Waals surface area contributed by atoms with Crippen LogP contribution in [0.5, 0.6) is 0 Å². The topological polar surface area (TPSA) is 38.7 Å². The molecular weight excluding hydrogens is 367 g/mol. The summed E-state index contributed by atoms with van der Waals surface area (Å²) in [6, 6.07) is 18.7. The van der Waals surface area contributed by atoms with Crippen LogP contribution in [-0.4, -0.2) is 31.0 Å². The quantitative estimate of drug-likeness (QED) is 0.522. The van der Waals surface area contributed by atoms with Crippen LogP contribution in [0.1, 0.15) is 36.8 Å². The van der Waals surface area contributed by atoms with Crippen molar-refractivity contribution >= 4 is 11.7 Å². The van der Waals surface area contributed by atoms with E-state index in [0.717, 1.165) is 23.9 Å². The second kappa shape index (κ2) is 8.17. The number of ether oxygens (including phenoxy) is 1. The highest BCUT2D eigenvalue weighted by Gasteiger charge is 2.52. The zero-order valence-electron chi connectivity index (χ0n) is 15.6. The van der Waals surface area contributed by atoms with Crippen LogP contribution in [0.15, 0.2) is 65.7 Å². The summed E-state index contributed by atoms with van der Waals surface area (Å²) in [5.74, 6) is -0.802. The lowest BCUT2D eigenvalue weighted by atomic mass is 9.82. The average Bonchev–Trinajstić information content (AvgIpc) is 3.09. The molecule has 2 unspecified atom stereocenters. The fourth-order valence-electron chi connectivity index (χ4n) is 3.92. The maximum absolute atomic E-state index is 13.1. The summed E-state index contributed by atoms with van der Waals surface area (Å²) < 4.78 is 44.1. The van der Waals surface area contributed by atoms with E-state index in [1.165, 1.54) is 0 Å². The molecule has 1 aliphatic carbocycles. The van der Waals surface area contributed by atoms with Gasteiger partial charge in [-0.15, -0.1) is 0 Å². The van der Waals surface area contributed by atoms with Gasteiger partial charge in [0.15, 0.2) is 0 Å². The van der Waals surface area contributed by atoms with Gasteiger partial charge < -0.3 is 4.74 Å². The second-order valence-corrected chi connectivity index (χ2v) is 7.17. The highest BCUT2D eigenvalue weighted by atomic mass is 19.4. The van der Waals surface area contributed by atoms with Crippen LogP contribution in [0.2, 0.25) is 0 Å². The standard InChI is InChI=1S/C22H22F3NO2/c1-28-20(27)21(15-22(23,24)25)13-12-18(14-21)26-19(16-8-4-2-5-9-16)17-10-6-3-7-11-17/h2-11,18H,12-15H2,1H3. The molecule has 0 spiro atoms. The van der Waals surface area contributed by atoms with Crippen molar-refractivity contribution in [3.05, 3.63) is 71.8 Å². The third-order valence-corrected chi connectivity index (χ3v) is 5.15. The number of esters is 1. The van der Waals surface area contributed by atoms with E-state index in [1.807, 2.05) is 60.7 Å². The van der Waals surface area contributed by atoms with Crippen molar-refractivity contribution in [3.8, 4) is 0 Å². The number of halogens is 3. The molecule has 0 aliphatic heterocycles. The highest BCUT2D eigenvalue weighted by Crippen LogP contribution is 2.48. The van der Waals surface area contributed by atoms with Crippen molar-refractivity contribution in [2.24, 2.45) is 10.4 Å². The van der Waals surface area contributed by atoms with E-state index in [-0.39, 0.29) is 18.9 Å². The van der Waals surface area contributed by atoms with Crippen molar-refractivity contribution < 1.29 is 22.7 Å². The van der Waals surface area contributed by atoms with Crippen molar-refractivity contribution in [1.82, 2.24) is 0 Å². The number of rotatable bonds is 5. The van der Waals surface area contributed by atoms with Gasteiger partial charge in [-0.2, -0.15) is 13.2 Å². The molecule has 3 nitrogen and oxygen atoms in total. The van der Waals surface area contributed by atoms with E-state index < -0.39 is 24.0 Å². The summed E-state index contributed by atoms with van der Waals surface area (Å²) in [6.45, 7) is 0. The average molecular weight is 389 g/mol. The maximum atomic E-state index is 13.1. The normalized spacial score (nSPS) is 21.9. The Morgan fingerprint density at radius 3 is 2.07 bits per heavy atom. The molecule has 0 amide bonds. The van der Waals surface area contributed by atoms with E-state index in [9.17, 15) is 18.0 Å². The zero-order valence-corrected chi connectivity index (χ0v) is 15.6. The lowest BCUT2D eigenvalue weighted by molar-refractivity contribution is -0.180. The first kappa shape index (κ1) is 20.1. The minimum atomic E-state index is -4.44. The van der Waals surface area contributed by atoms with Gasteiger partial charge in [0.05, 0.1) is 30.7 Å². The van der Waals surface area contributed by atoms with Crippen LogP contribution in [0, 0.1) is 5.41 Å². The van der Waals surface area contributed by atoms with Crippen LogP contribution in [-0.2, 0) is 9.53 Å². The maximum Gasteiger partial charge on any atom is 0.390 e. The monoisotopic (exact) mass is 389 g/mol. The fourth-order valence-corrected chi connectivity index (χ4v) is 3.92. The van der Waals surface area contributed by atoms with E-state index in [4.69, 9.17) is 9.73 Å². The Hall–Kier alpha value is -2.63. The number of hydrogen-bond donors (Lipinski definition) is 0. The number of benzene rings is 2. The number of hydrogen-bond acceptors (Lipinski definition) is 3. The molecule has 0 bridgehead atoms. The predicted molar refractivity (Wildman–Crippen MR) is 101 cm³/mol. The van der Waals surface area contributed by atoms with Gasteiger partial charge in [-0.05, 0) is 19.3 Å². The van der Waals surface area contributed by atoms with E-state index in [2.05, 4.69) is 0 Å². The molecule has 1 saturated carbocycles. The zero-order chi connectivity index (χ0) is 20.2. The third-order valence-electron chi connectivity index (χ3n) is 5.15. The molecule has 28 heavy (non-hydrogen) atoms. The van der Waals surface area contributed by atoms with Gasteiger partial charge >= 0.3 is 12.1 Å². The van der Waals surface area contributed by atoms with Crippen LogP contribution in [0.25, 0.3) is 0 Å². The highest BCUT2D eigenvalue weighted by molar-refractivity contribution is 6.13. The van der Waals surface area contributed by atoms with Crippen LogP contribution < -0.4 is 0 Å². The lowest BCUT2D eigenvalue weighted by Gasteiger charge is -2.27. The fraction of sp³-hybridized carbons (Fsp3) is 0.364. The van der Waals surface area contributed by atoms with E-state index in [1.54, 1.807) is 0 Å². The van der Waals surface area contributed by atoms with Gasteiger partial charge in [-0.1, -0.05) is 60.7 Å². The number of nitrogens with zero attached hydrogens (tertiary/aromatic N) is 1. The first-order chi connectivity index (χ1) is 13.3. The number of carbonyl (C=O) groups excluding carboxylic acids is 1. The Kier molecular flexibility index (Phi) is 5.87. The molecule has 0 aromatic heterocycles. The molecule has 148 valence electrons. The van der Waals surface area contributed by atoms with Crippen molar-refractivity contribution in [2.45, 2.75) is 37.9 Å². The predicted octanol–water partition coefficient (Wildman–Crippen LogP) is 5.19. The van der Waals surface area contributed by atoms with Gasteiger partial charge in [0.1, 0.15) is 0 Å². The summed E-state index contributed by atoms with van der Waals surface area (Å²) >= 11 is 0. The molecule has 1 fully saturated rings. The minimum absolute atomic E-state index is 0.0301.